The van der Waals surface area contributed by atoms with Gasteiger partial charge in [-0.3, -0.25) is 0 Å². The molecule has 0 spiro atoms. The highest BCUT2D eigenvalue weighted by Crippen LogP contribution is 2.14. The maximum absolute atomic E-state index is 11.5. The maximum Gasteiger partial charge on any atom is 0.374 e. The smallest absolute Gasteiger partial charge is 0.374 e. The Balaban J connectivity index is 1.96. The summed E-state index contributed by atoms with van der Waals surface area (Å²) in [5.41, 5.74) is 9.13. The van der Waals surface area contributed by atoms with Crippen LogP contribution in [0, 0.1) is 13.8 Å². The molecule has 122 valence electrons. The number of aryl methyl sites for hydroxylation is 2. The van der Waals surface area contributed by atoms with E-state index >= 15 is 0 Å². The zero-order valence-electron chi connectivity index (χ0n) is 13.6. The summed E-state index contributed by atoms with van der Waals surface area (Å²) in [6, 6.07) is 9.21. The highest BCUT2D eigenvalue weighted by Gasteiger charge is 2.11. The summed E-state index contributed by atoms with van der Waals surface area (Å²) in [4.78, 5) is 15.7. The number of carbonyl (C=O) groups excluding carboxylic acids is 1. The molecule has 2 aromatic rings. The van der Waals surface area contributed by atoms with E-state index in [0.29, 0.717) is 12.4 Å². The van der Waals surface area contributed by atoms with E-state index in [1.54, 1.807) is 19.1 Å². The predicted molar refractivity (Wildman–Crippen MR) is 89.5 cm³/mol. The van der Waals surface area contributed by atoms with Gasteiger partial charge in [0, 0.05) is 5.69 Å². The van der Waals surface area contributed by atoms with Gasteiger partial charge in [-0.2, -0.15) is 0 Å². The van der Waals surface area contributed by atoms with Crippen molar-refractivity contribution in [2.45, 2.75) is 27.3 Å². The minimum absolute atomic E-state index is 0.165. The number of hydrogen-bond donors (Lipinski definition) is 2. The molecule has 0 saturated carbocycles. The van der Waals surface area contributed by atoms with Crippen LogP contribution in [0.1, 0.15) is 34.4 Å². The molecule has 0 radical (unpaired) electrons. The number of carbonyl (C=O) groups is 1. The fraction of sp³-hybridized carbons (Fsp3) is 0.294. The van der Waals surface area contributed by atoms with Crippen molar-refractivity contribution in [1.82, 2.24) is 0 Å². The molecule has 0 amide bonds. The molecule has 0 atom stereocenters. The molecule has 0 saturated heterocycles. The number of esters is 1. The van der Waals surface area contributed by atoms with Gasteiger partial charge in [0.05, 0.1) is 6.61 Å². The van der Waals surface area contributed by atoms with Gasteiger partial charge in [0.2, 0.25) is 5.76 Å². The molecule has 1 heterocycles. The second kappa shape index (κ2) is 7.49. The SMILES string of the molecule is CCOC(=O)c1ccc(CN=C(N)Nc2ccc(C)c(C)c2)o1. The van der Waals surface area contributed by atoms with Crippen LogP contribution in [0.15, 0.2) is 39.7 Å². The normalized spacial score (nSPS) is 11.3. The zero-order valence-corrected chi connectivity index (χ0v) is 13.6. The largest absolute Gasteiger partial charge is 0.460 e. The van der Waals surface area contributed by atoms with Crippen LogP contribution in [0.3, 0.4) is 0 Å². The quantitative estimate of drug-likeness (QED) is 0.503. The molecule has 0 aliphatic rings. The summed E-state index contributed by atoms with van der Waals surface area (Å²) < 4.78 is 10.2. The lowest BCUT2D eigenvalue weighted by Gasteiger charge is -2.07. The number of nitrogens with zero attached hydrogens (tertiary/aromatic N) is 1. The van der Waals surface area contributed by atoms with Crippen molar-refractivity contribution >= 4 is 17.6 Å². The third kappa shape index (κ3) is 4.60. The lowest BCUT2D eigenvalue weighted by molar-refractivity contribution is 0.0488. The minimum Gasteiger partial charge on any atom is -0.460 e. The summed E-state index contributed by atoms with van der Waals surface area (Å²) in [5, 5.41) is 3.02. The Morgan fingerprint density at radius 1 is 1.26 bits per heavy atom. The molecule has 1 aromatic carbocycles. The Labute approximate surface area is 135 Å². The van der Waals surface area contributed by atoms with Gasteiger partial charge in [0.15, 0.2) is 5.96 Å². The van der Waals surface area contributed by atoms with Gasteiger partial charge < -0.3 is 20.2 Å². The predicted octanol–water partition coefficient (Wildman–Crippen LogP) is 3.00. The number of rotatable bonds is 5. The average molecular weight is 315 g/mol. The Bertz CT molecular complexity index is 720. The van der Waals surface area contributed by atoms with Gasteiger partial charge in [0.25, 0.3) is 0 Å². The van der Waals surface area contributed by atoms with E-state index in [0.717, 1.165) is 5.69 Å². The first kappa shape index (κ1) is 16.6. The van der Waals surface area contributed by atoms with E-state index in [-0.39, 0.29) is 18.3 Å². The van der Waals surface area contributed by atoms with Gasteiger partial charge in [-0.05, 0) is 56.2 Å². The fourth-order valence-corrected chi connectivity index (χ4v) is 1.94. The van der Waals surface area contributed by atoms with Gasteiger partial charge in [-0.1, -0.05) is 6.07 Å². The molecule has 0 unspecified atom stereocenters. The summed E-state index contributed by atoms with van der Waals surface area (Å²) >= 11 is 0. The van der Waals surface area contributed by atoms with Crippen molar-refractivity contribution in [1.29, 1.82) is 0 Å². The zero-order chi connectivity index (χ0) is 16.8. The number of guanidine groups is 1. The van der Waals surface area contributed by atoms with Crippen LogP contribution in [-0.2, 0) is 11.3 Å². The van der Waals surface area contributed by atoms with Crippen LogP contribution in [0.25, 0.3) is 0 Å². The van der Waals surface area contributed by atoms with Crippen molar-refractivity contribution in [3.8, 4) is 0 Å². The number of anilines is 1. The molecule has 0 aliphatic heterocycles. The second-order valence-corrected chi connectivity index (χ2v) is 5.11. The monoisotopic (exact) mass is 315 g/mol. The van der Waals surface area contributed by atoms with Crippen LogP contribution in [0.4, 0.5) is 5.69 Å². The van der Waals surface area contributed by atoms with Crippen LogP contribution in [0.5, 0.6) is 0 Å². The molecule has 23 heavy (non-hydrogen) atoms. The topological polar surface area (TPSA) is 89.8 Å². The van der Waals surface area contributed by atoms with Gasteiger partial charge in [-0.15, -0.1) is 0 Å². The number of ether oxygens (including phenoxy) is 1. The minimum atomic E-state index is -0.482. The number of benzene rings is 1. The number of nitrogens with two attached hydrogens (primary N) is 1. The molecular formula is C17H21N3O3. The van der Waals surface area contributed by atoms with E-state index in [2.05, 4.69) is 17.2 Å². The second-order valence-electron chi connectivity index (χ2n) is 5.11. The number of furan rings is 1. The van der Waals surface area contributed by atoms with Gasteiger partial charge in [0.1, 0.15) is 12.3 Å². The summed E-state index contributed by atoms with van der Waals surface area (Å²) in [6.07, 6.45) is 0. The van der Waals surface area contributed by atoms with E-state index in [4.69, 9.17) is 14.9 Å². The Hall–Kier alpha value is -2.76. The van der Waals surface area contributed by atoms with E-state index in [1.165, 1.54) is 11.1 Å². The Morgan fingerprint density at radius 2 is 2.04 bits per heavy atom. The lowest BCUT2D eigenvalue weighted by atomic mass is 10.1. The summed E-state index contributed by atoms with van der Waals surface area (Å²) in [5.74, 6) is 0.502. The maximum atomic E-state index is 11.5. The molecule has 1 aromatic heterocycles. The summed E-state index contributed by atoms with van der Waals surface area (Å²) in [6.45, 7) is 6.37. The first-order chi connectivity index (χ1) is 11.0. The molecule has 2 rings (SSSR count). The molecule has 0 fully saturated rings. The molecular weight excluding hydrogens is 294 g/mol. The molecule has 0 bridgehead atoms. The molecule has 6 nitrogen and oxygen atoms in total. The van der Waals surface area contributed by atoms with Gasteiger partial charge in [-0.25, -0.2) is 9.79 Å². The van der Waals surface area contributed by atoms with Crippen LogP contribution < -0.4 is 11.1 Å². The molecule has 6 heteroatoms. The first-order valence-corrected chi connectivity index (χ1v) is 7.39. The Morgan fingerprint density at radius 3 is 2.74 bits per heavy atom. The van der Waals surface area contributed by atoms with E-state index in [9.17, 15) is 4.79 Å². The Kier molecular flexibility index (Phi) is 5.41. The van der Waals surface area contributed by atoms with Crippen molar-refractivity contribution in [3.05, 3.63) is 53.0 Å². The van der Waals surface area contributed by atoms with Crippen LogP contribution in [-0.4, -0.2) is 18.5 Å². The number of aliphatic imine (C=N–C) groups is 1. The standard InChI is InChI=1S/C17H21N3O3/c1-4-22-16(21)15-8-7-14(23-15)10-19-17(18)20-13-6-5-11(2)12(3)9-13/h5-9H,4,10H2,1-3H3,(H3,18,19,20). The number of nitrogens with one attached hydrogen (secondary N) is 1. The fourth-order valence-electron chi connectivity index (χ4n) is 1.94. The molecule has 3 N–H and O–H groups in total. The average Bonchev–Trinajstić information content (AvgIpc) is 2.98. The highest BCUT2D eigenvalue weighted by atomic mass is 16.5. The van der Waals surface area contributed by atoms with E-state index < -0.39 is 5.97 Å². The first-order valence-electron chi connectivity index (χ1n) is 7.39. The van der Waals surface area contributed by atoms with Crippen LogP contribution in [0.2, 0.25) is 0 Å². The molecule has 0 aliphatic carbocycles. The number of hydrogen-bond acceptors (Lipinski definition) is 4. The van der Waals surface area contributed by atoms with E-state index in [1.807, 2.05) is 25.1 Å². The third-order valence-corrected chi connectivity index (χ3v) is 3.32. The highest BCUT2D eigenvalue weighted by molar-refractivity contribution is 5.92. The van der Waals surface area contributed by atoms with Crippen molar-refractivity contribution in [3.63, 3.8) is 0 Å². The van der Waals surface area contributed by atoms with Crippen molar-refractivity contribution in [2.24, 2.45) is 10.7 Å². The summed E-state index contributed by atoms with van der Waals surface area (Å²) in [7, 11) is 0. The van der Waals surface area contributed by atoms with Gasteiger partial charge >= 0.3 is 5.97 Å². The van der Waals surface area contributed by atoms with Crippen molar-refractivity contribution < 1.29 is 13.9 Å². The third-order valence-electron chi connectivity index (χ3n) is 3.32. The van der Waals surface area contributed by atoms with Crippen molar-refractivity contribution in [2.75, 3.05) is 11.9 Å². The lowest BCUT2D eigenvalue weighted by Crippen LogP contribution is -2.22. The van der Waals surface area contributed by atoms with Crippen LogP contribution >= 0.6 is 0 Å².